The van der Waals surface area contributed by atoms with Crippen LogP contribution in [0.2, 0.25) is 0 Å². The van der Waals surface area contributed by atoms with Crippen LogP contribution in [-0.2, 0) is 0 Å². The zero-order chi connectivity index (χ0) is 17.6. The Hall–Kier alpha value is -3.17. The van der Waals surface area contributed by atoms with Gasteiger partial charge in [-0.1, -0.05) is 34.1 Å². The molecule has 3 aromatic rings. The number of nitrogens with one attached hydrogen (secondary N) is 2. The number of nitrogens with zero attached hydrogens (tertiary/aromatic N) is 2. The zero-order valence-electron chi connectivity index (χ0n) is 13.0. The van der Waals surface area contributed by atoms with E-state index in [9.17, 15) is 4.79 Å². The standard InChI is InChI=1S/C19H13BrN4O/c20-15-5-3-6-16(10-15)23-19(25)14-8-9-18(22-12-14)24-17-7-2-1-4-13(17)11-21/h1-10,12H,(H,22,24)(H,23,25). The molecule has 1 aromatic heterocycles. The molecule has 0 radical (unpaired) electrons. The molecule has 0 bridgehead atoms. The number of hydrogen-bond donors (Lipinski definition) is 2. The Kier molecular flexibility index (Phi) is 5.07. The fraction of sp³-hybridized carbons (Fsp3) is 0. The fourth-order valence-corrected chi connectivity index (χ4v) is 2.60. The van der Waals surface area contributed by atoms with E-state index in [0.717, 1.165) is 4.47 Å². The first-order valence-electron chi connectivity index (χ1n) is 7.45. The van der Waals surface area contributed by atoms with Crippen LogP contribution >= 0.6 is 15.9 Å². The van der Waals surface area contributed by atoms with Crippen LogP contribution in [0.3, 0.4) is 0 Å². The quantitative estimate of drug-likeness (QED) is 0.673. The van der Waals surface area contributed by atoms with Gasteiger partial charge in [0.1, 0.15) is 11.9 Å². The highest BCUT2D eigenvalue weighted by Gasteiger charge is 2.08. The van der Waals surface area contributed by atoms with Crippen molar-refractivity contribution in [2.45, 2.75) is 0 Å². The number of amides is 1. The lowest BCUT2D eigenvalue weighted by atomic mass is 10.2. The first-order valence-corrected chi connectivity index (χ1v) is 8.24. The second-order valence-electron chi connectivity index (χ2n) is 5.18. The van der Waals surface area contributed by atoms with E-state index in [1.807, 2.05) is 30.3 Å². The average Bonchev–Trinajstić information content (AvgIpc) is 2.63. The molecule has 0 saturated carbocycles. The van der Waals surface area contributed by atoms with Crippen LogP contribution in [0.4, 0.5) is 17.2 Å². The number of benzene rings is 2. The maximum atomic E-state index is 12.3. The van der Waals surface area contributed by atoms with E-state index >= 15 is 0 Å². The molecule has 0 aliphatic rings. The lowest BCUT2D eigenvalue weighted by Crippen LogP contribution is -2.12. The topological polar surface area (TPSA) is 77.8 Å². The van der Waals surface area contributed by atoms with Gasteiger partial charge in [-0.2, -0.15) is 5.26 Å². The van der Waals surface area contributed by atoms with Crippen molar-refractivity contribution in [3.8, 4) is 6.07 Å². The van der Waals surface area contributed by atoms with E-state index in [2.05, 4.69) is 37.6 Å². The monoisotopic (exact) mass is 392 g/mol. The molecule has 0 atom stereocenters. The van der Waals surface area contributed by atoms with Crippen molar-refractivity contribution in [1.82, 2.24) is 4.98 Å². The first-order chi connectivity index (χ1) is 12.2. The Morgan fingerprint density at radius 2 is 1.92 bits per heavy atom. The lowest BCUT2D eigenvalue weighted by molar-refractivity contribution is 0.102. The highest BCUT2D eigenvalue weighted by atomic mass is 79.9. The highest BCUT2D eigenvalue weighted by Crippen LogP contribution is 2.20. The summed E-state index contributed by atoms with van der Waals surface area (Å²) in [5.41, 5.74) is 2.34. The minimum Gasteiger partial charge on any atom is -0.339 e. The number of halogens is 1. The number of pyridine rings is 1. The smallest absolute Gasteiger partial charge is 0.257 e. The van der Waals surface area contributed by atoms with Crippen LogP contribution in [0.5, 0.6) is 0 Å². The van der Waals surface area contributed by atoms with Crippen LogP contribution in [-0.4, -0.2) is 10.9 Å². The van der Waals surface area contributed by atoms with Crippen LogP contribution in [0.15, 0.2) is 71.3 Å². The molecule has 122 valence electrons. The minimum absolute atomic E-state index is 0.241. The van der Waals surface area contributed by atoms with Crippen LogP contribution in [0.25, 0.3) is 0 Å². The Balaban J connectivity index is 1.71. The highest BCUT2D eigenvalue weighted by molar-refractivity contribution is 9.10. The summed E-state index contributed by atoms with van der Waals surface area (Å²) >= 11 is 3.37. The fourth-order valence-electron chi connectivity index (χ4n) is 2.20. The molecule has 0 aliphatic heterocycles. The van der Waals surface area contributed by atoms with Gasteiger partial charge in [0.15, 0.2) is 0 Å². The zero-order valence-corrected chi connectivity index (χ0v) is 14.6. The predicted molar refractivity (Wildman–Crippen MR) is 101 cm³/mol. The van der Waals surface area contributed by atoms with Gasteiger partial charge in [0, 0.05) is 16.4 Å². The Bertz CT molecular complexity index is 948. The Labute approximate surface area is 153 Å². The lowest BCUT2D eigenvalue weighted by Gasteiger charge is -2.08. The summed E-state index contributed by atoms with van der Waals surface area (Å²) in [5.74, 6) is 0.316. The number of hydrogen-bond acceptors (Lipinski definition) is 4. The van der Waals surface area contributed by atoms with Gasteiger partial charge in [0.2, 0.25) is 0 Å². The molecular weight excluding hydrogens is 380 g/mol. The number of carbonyl (C=O) groups is 1. The summed E-state index contributed by atoms with van der Waals surface area (Å²) in [7, 11) is 0. The minimum atomic E-state index is -0.241. The van der Waals surface area contributed by atoms with Gasteiger partial charge in [0.05, 0.1) is 16.8 Å². The second-order valence-corrected chi connectivity index (χ2v) is 6.09. The van der Waals surface area contributed by atoms with Crippen molar-refractivity contribution < 1.29 is 4.79 Å². The number of nitriles is 1. The molecular formula is C19H13BrN4O. The number of para-hydroxylation sites is 1. The largest absolute Gasteiger partial charge is 0.339 e. The van der Waals surface area contributed by atoms with Crippen molar-refractivity contribution in [2.24, 2.45) is 0 Å². The summed E-state index contributed by atoms with van der Waals surface area (Å²) in [6, 6.07) is 20.0. The maximum absolute atomic E-state index is 12.3. The van der Waals surface area contributed by atoms with Gasteiger partial charge >= 0.3 is 0 Å². The van der Waals surface area contributed by atoms with Gasteiger partial charge < -0.3 is 10.6 Å². The average molecular weight is 393 g/mol. The number of anilines is 3. The van der Waals surface area contributed by atoms with Crippen molar-refractivity contribution in [2.75, 3.05) is 10.6 Å². The van der Waals surface area contributed by atoms with Crippen molar-refractivity contribution in [1.29, 1.82) is 5.26 Å². The molecule has 1 heterocycles. The molecule has 0 saturated heterocycles. The van der Waals surface area contributed by atoms with E-state index in [1.165, 1.54) is 6.20 Å². The third kappa shape index (κ3) is 4.22. The second kappa shape index (κ2) is 7.60. The molecule has 0 fully saturated rings. The van der Waals surface area contributed by atoms with Gasteiger partial charge in [-0.05, 0) is 42.5 Å². The van der Waals surface area contributed by atoms with Crippen LogP contribution in [0.1, 0.15) is 15.9 Å². The SMILES string of the molecule is N#Cc1ccccc1Nc1ccc(C(=O)Nc2cccc(Br)c2)cn1. The van der Waals surface area contributed by atoms with Gasteiger partial charge in [-0.15, -0.1) is 0 Å². The third-order valence-corrected chi connectivity index (χ3v) is 3.91. The van der Waals surface area contributed by atoms with Crippen molar-refractivity contribution in [3.05, 3.63) is 82.5 Å². The summed E-state index contributed by atoms with van der Waals surface area (Å²) in [4.78, 5) is 16.5. The molecule has 2 aromatic carbocycles. The molecule has 0 spiro atoms. The summed E-state index contributed by atoms with van der Waals surface area (Å²) in [6.45, 7) is 0. The predicted octanol–water partition coefficient (Wildman–Crippen LogP) is 4.71. The van der Waals surface area contributed by atoms with Gasteiger partial charge in [-0.25, -0.2) is 4.98 Å². The van der Waals surface area contributed by atoms with E-state index < -0.39 is 0 Å². The van der Waals surface area contributed by atoms with E-state index in [-0.39, 0.29) is 5.91 Å². The third-order valence-electron chi connectivity index (χ3n) is 3.42. The number of rotatable bonds is 4. The summed E-state index contributed by atoms with van der Waals surface area (Å²) in [5, 5.41) is 15.0. The van der Waals surface area contributed by atoms with E-state index in [0.29, 0.717) is 28.3 Å². The first kappa shape index (κ1) is 16.7. The normalized spacial score (nSPS) is 9.92. The molecule has 25 heavy (non-hydrogen) atoms. The molecule has 6 heteroatoms. The van der Waals surface area contributed by atoms with E-state index in [4.69, 9.17) is 5.26 Å². The molecule has 0 unspecified atom stereocenters. The van der Waals surface area contributed by atoms with Crippen molar-refractivity contribution >= 4 is 39.0 Å². The maximum Gasteiger partial charge on any atom is 0.257 e. The number of aromatic nitrogens is 1. The summed E-state index contributed by atoms with van der Waals surface area (Å²) in [6.07, 6.45) is 1.49. The van der Waals surface area contributed by atoms with Crippen molar-refractivity contribution in [3.63, 3.8) is 0 Å². The molecule has 3 rings (SSSR count). The summed E-state index contributed by atoms with van der Waals surface area (Å²) < 4.78 is 0.888. The van der Waals surface area contributed by atoms with Gasteiger partial charge in [-0.3, -0.25) is 4.79 Å². The van der Waals surface area contributed by atoms with Gasteiger partial charge in [0.25, 0.3) is 5.91 Å². The van der Waals surface area contributed by atoms with Crippen LogP contribution < -0.4 is 10.6 Å². The molecule has 5 nitrogen and oxygen atoms in total. The molecule has 2 N–H and O–H groups in total. The Morgan fingerprint density at radius 1 is 1.08 bits per heavy atom. The van der Waals surface area contributed by atoms with E-state index in [1.54, 1.807) is 30.3 Å². The van der Waals surface area contributed by atoms with Crippen LogP contribution in [0, 0.1) is 11.3 Å². The number of carbonyl (C=O) groups excluding carboxylic acids is 1. The molecule has 1 amide bonds. The Morgan fingerprint density at radius 3 is 2.64 bits per heavy atom. The molecule has 0 aliphatic carbocycles.